The highest BCUT2D eigenvalue weighted by Crippen LogP contribution is 2.19. The number of nitro groups is 1. The zero-order valence-corrected chi connectivity index (χ0v) is 11.3. The fourth-order valence-corrected chi connectivity index (χ4v) is 1.85. The number of aryl methyl sites for hydroxylation is 1. The Morgan fingerprint density at radius 3 is 2.33 bits per heavy atom. The smallest absolute Gasteiger partial charge is 0.314 e. The van der Waals surface area contributed by atoms with Gasteiger partial charge in [-0.1, -0.05) is 29.8 Å². The van der Waals surface area contributed by atoms with Crippen LogP contribution in [0.1, 0.15) is 22.9 Å². The Bertz CT molecular complexity index is 653. The Labute approximate surface area is 120 Å². The summed E-state index contributed by atoms with van der Waals surface area (Å²) in [6, 6.07) is 7.48. The van der Waals surface area contributed by atoms with E-state index in [9.17, 15) is 20.0 Å². The van der Waals surface area contributed by atoms with Crippen molar-refractivity contribution in [3.8, 4) is 0 Å². The van der Waals surface area contributed by atoms with Crippen LogP contribution in [0.5, 0.6) is 0 Å². The van der Waals surface area contributed by atoms with Gasteiger partial charge in [0.25, 0.3) is 0 Å². The molecule has 7 nitrogen and oxygen atoms in total. The van der Waals surface area contributed by atoms with Gasteiger partial charge in [-0.05, 0) is 18.9 Å². The average molecular weight is 287 g/mol. The van der Waals surface area contributed by atoms with Gasteiger partial charge in [0.15, 0.2) is 0 Å². The van der Waals surface area contributed by atoms with Crippen LogP contribution < -0.4 is 0 Å². The number of carboxylic acids is 1. The second-order valence-electron chi connectivity index (χ2n) is 4.64. The Morgan fingerprint density at radius 2 is 1.86 bits per heavy atom. The van der Waals surface area contributed by atoms with Crippen molar-refractivity contribution in [2.24, 2.45) is 0 Å². The summed E-state index contributed by atoms with van der Waals surface area (Å²) in [5, 5.41) is 19.9. The average Bonchev–Trinajstić information content (AvgIpc) is 2.46. The monoisotopic (exact) mass is 287 g/mol. The van der Waals surface area contributed by atoms with Crippen LogP contribution in [-0.4, -0.2) is 26.0 Å². The van der Waals surface area contributed by atoms with E-state index >= 15 is 0 Å². The molecule has 1 unspecified atom stereocenters. The quantitative estimate of drug-likeness (QED) is 0.666. The van der Waals surface area contributed by atoms with E-state index in [1.807, 2.05) is 31.2 Å². The molecule has 1 heterocycles. The summed E-state index contributed by atoms with van der Waals surface area (Å²) in [5.74, 6) is -1.94. The van der Waals surface area contributed by atoms with Gasteiger partial charge < -0.3 is 5.11 Å². The first-order chi connectivity index (χ1) is 9.97. The van der Waals surface area contributed by atoms with Crippen molar-refractivity contribution in [3.63, 3.8) is 0 Å². The number of aliphatic carboxylic acids is 1. The van der Waals surface area contributed by atoms with E-state index in [4.69, 9.17) is 0 Å². The molecule has 2 rings (SSSR count). The predicted molar refractivity (Wildman–Crippen MR) is 73.9 cm³/mol. The van der Waals surface area contributed by atoms with Crippen molar-refractivity contribution in [1.29, 1.82) is 0 Å². The molecule has 0 bridgehead atoms. The highest BCUT2D eigenvalue weighted by molar-refractivity contribution is 5.75. The lowest BCUT2D eigenvalue weighted by Gasteiger charge is -2.10. The second kappa shape index (κ2) is 6.08. The fraction of sp³-hybridized carbons (Fsp3) is 0.214. The first-order valence-corrected chi connectivity index (χ1v) is 6.22. The van der Waals surface area contributed by atoms with Crippen LogP contribution in [0.2, 0.25) is 0 Å². The SMILES string of the molecule is Cc1ccc(CC(C(=O)O)c2ncc([N+](=O)[O-])cn2)cc1. The number of nitrogens with zero attached hydrogens (tertiary/aromatic N) is 3. The topological polar surface area (TPSA) is 106 Å². The largest absolute Gasteiger partial charge is 0.481 e. The molecular weight excluding hydrogens is 274 g/mol. The predicted octanol–water partition coefficient (Wildman–Crippen LogP) is 2.10. The van der Waals surface area contributed by atoms with Crippen LogP contribution >= 0.6 is 0 Å². The minimum Gasteiger partial charge on any atom is -0.481 e. The zero-order chi connectivity index (χ0) is 15.4. The third kappa shape index (κ3) is 3.59. The maximum atomic E-state index is 11.4. The van der Waals surface area contributed by atoms with Gasteiger partial charge in [-0.25, -0.2) is 9.97 Å². The maximum Gasteiger partial charge on any atom is 0.314 e. The number of rotatable bonds is 5. The lowest BCUT2D eigenvalue weighted by molar-refractivity contribution is -0.385. The maximum absolute atomic E-state index is 11.4. The second-order valence-corrected chi connectivity index (χ2v) is 4.64. The summed E-state index contributed by atoms with van der Waals surface area (Å²) in [7, 11) is 0. The molecule has 0 amide bonds. The molecule has 0 saturated heterocycles. The van der Waals surface area contributed by atoms with Crippen LogP contribution in [0.4, 0.5) is 5.69 Å². The minimum absolute atomic E-state index is 0.0636. The molecule has 2 aromatic rings. The number of hydrogen-bond acceptors (Lipinski definition) is 5. The van der Waals surface area contributed by atoms with E-state index in [0.717, 1.165) is 23.5 Å². The van der Waals surface area contributed by atoms with Crippen molar-refractivity contribution in [3.05, 3.63) is 63.7 Å². The molecule has 0 saturated carbocycles. The molecule has 21 heavy (non-hydrogen) atoms. The van der Waals surface area contributed by atoms with E-state index < -0.39 is 16.8 Å². The molecule has 0 radical (unpaired) electrons. The molecule has 0 fully saturated rings. The highest BCUT2D eigenvalue weighted by atomic mass is 16.6. The normalized spacial score (nSPS) is 11.9. The number of hydrogen-bond donors (Lipinski definition) is 1. The van der Waals surface area contributed by atoms with Crippen LogP contribution in [0.15, 0.2) is 36.7 Å². The lowest BCUT2D eigenvalue weighted by atomic mass is 9.98. The summed E-state index contributed by atoms with van der Waals surface area (Å²) in [4.78, 5) is 28.9. The number of benzene rings is 1. The zero-order valence-electron chi connectivity index (χ0n) is 11.3. The molecule has 0 aliphatic heterocycles. The third-order valence-electron chi connectivity index (χ3n) is 3.04. The van der Waals surface area contributed by atoms with Crippen LogP contribution in [-0.2, 0) is 11.2 Å². The Kier molecular flexibility index (Phi) is 4.22. The molecular formula is C14H13N3O4. The number of aromatic nitrogens is 2. The van der Waals surface area contributed by atoms with Crippen LogP contribution in [0.25, 0.3) is 0 Å². The first kappa shape index (κ1) is 14.6. The van der Waals surface area contributed by atoms with E-state index in [0.29, 0.717) is 0 Å². The third-order valence-corrected chi connectivity index (χ3v) is 3.04. The summed E-state index contributed by atoms with van der Waals surface area (Å²) in [5.41, 5.74) is 1.66. The molecule has 1 aromatic heterocycles. The summed E-state index contributed by atoms with van der Waals surface area (Å²) < 4.78 is 0. The minimum atomic E-state index is -1.07. The molecule has 108 valence electrons. The highest BCUT2D eigenvalue weighted by Gasteiger charge is 2.24. The summed E-state index contributed by atoms with van der Waals surface area (Å²) in [6.45, 7) is 1.94. The van der Waals surface area contributed by atoms with Gasteiger partial charge in [0.2, 0.25) is 0 Å². The van der Waals surface area contributed by atoms with E-state index in [1.54, 1.807) is 0 Å². The lowest BCUT2D eigenvalue weighted by Crippen LogP contribution is -2.17. The van der Waals surface area contributed by atoms with E-state index in [2.05, 4.69) is 9.97 Å². The van der Waals surface area contributed by atoms with Gasteiger partial charge in [0.05, 0.1) is 4.92 Å². The fourth-order valence-electron chi connectivity index (χ4n) is 1.85. The van der Waals surface area contributed by atoms with Crippen LogP contribution in [0.3, 0.4) is 0 Å². The standard InChI is InChI=1S/C14H13N3O4/c1-9-2-4-10(5-3-9)6-12(14(18)19)13-15-7-11(8-16-13)17(20)21/h2-5,7-8,12H,6H2,1H3,(H,18,19). The molecule has 0 spiro atoms. The van der Waals surface area contributed by atoms with Crippen molar-refractivity contribution >= 4 is 11.7 Å². The van der Waals surface area contributed by atoms with Crippen molar-refractivity contribution < 1.29 is 14.8 Å². The Balaban J connectivity index is 2.24. The van der Waals surface area contributed by atoms with Gasteiger partial charge in [-0.15, -0.1) is 0 Å². The van der Waals surface area contributed by atoms with E-state index in [1.165, 1.54) is 0 Å². The van der Waals surface area contributed by atoms with Gasteiger partial charge in [0, 0.05) is 0 Å². The molecule has 1 atom stereocenters. The van der Waals surface area contributed by atoms with Crippen LogP contribution in [0, 0.1) is 17.0 Å². The van der Waals surface area contributed by atoms with E-state index in [-0.39, 0.29) is 17.9 Å². The Hall–Kier alpha value is -2.83. The number of carboxylic acid groups (broad SMARTS) is 1. The first-order valence-electron chi connectivity index (χ1n) is 6.22. The van der Waals surface area contributed by atoms with Crippen molar-refractivity contribution in [2.75, 3.05) is 0 Å². The van der Waals surface area contributed by atoms with Gasteiger partial charge in [-0.2, -0.15) is 0 Å². The van der Waals surface area contributed by atoms with Crippen molar-refractivity contribution in [1.82, 2.24) is 9.97 Å². The van der Waals surface area contributed by atoms with Gasteiger partial charge in [-0.3, -0.25) is 14.9 Å². The molecule has 0 aliphatic rings. The molecule has 7 heteroatoms. The molecule has 1 N–H and O–H groups in total. The molecule has 1 aromatic carbocycles. The summed E-state index contributed by atoms with van der Waals surface area (Å²) in [6.07, 6.45) is 2.27. The van der Waals surface area contributed by atoms with Crippen molar-refractivity contribution in [2.45, 2.75) is 19.3 Å². The molecule has 0 aliphatic carbocycles. The number of carbonyl (C=O) groups is 1. The Morgan fingerprint density at radius 1 is 1.29 bits per heavy atom. The van der Waals surface area contributed by atoms with Gasteiger partial charge in [0.1, 0.15) is 24.1 Å². The summed E-state index contributed by atoms with van der Waals surface area (Å²) >= 11 is 0. The van der Waals surface area contributed by atoms with Gasteiger partial charge >= 0.3 is 11.7 Å².